The van der Waals surface area contributed by atoms with Gasteiger partial charge in [0.1, 0.15) is 0 Å². The Morgan fingerprint density at radius 2 is 1.43 bits per heavy atom. The number of aryl methyl sites for hydroxylation is 1. The minimum Gasteiger partial charge on any atom is -0.100 e. The highest BCUT2D eigenvalue weighted by atomic mass is 14.1. The second kappa shape index (κ2) is 6.04. The van der Waals surface area contributed by atoms with Crippen LogP contribution in [0.15, 0.2) is 66.7 Å². The summed E-state index contributed by atoms with van der Waals surface area (Å²) < 4.78 is 0. The molecule has 116 valence electrons. The molecule has 0 atom stereocenters. The van der Waals surface area contributed by atoms with Crippen molar-refractivity contribution in [3.05, 3.63) is 72.3 Å². The summed E-state index contributed by atoms with van der Waals surface area (Å²) in [6, 6.07) is 20.2. The number of rotatable bonds is 4. The van der Waals surface area contributed by atoms with E-state index in [1.54, 1.807) is 0 Å². The second-order valence-corrected chi connectivity index (χ2v) is 6.39. The van der Waals surface area contributed by atoms with Crippen molar-refractivity contribution in [3.63, 3.8) is 0 Å². The first-order valence-corrected chi connectivity index (χ1v) is 8.04. The average molecular weight is 300 g/mol. The van der Waals surface area contributed by atoms with Gasteiger partial charge in [-0.15, -0.1) is 6.58 Å². The SMILES string of the molecule is C.C=C(C)CCCc1ccc2ccc3cccc4ccc1c2c34. The van der Waals surface area contributed by atoms with Gasteiger partial charge in [-0.1, -0.05) is 67.6 Å². The van der Waals surface area contributed by atoms with Crippen molar-refractivity contribution in [3.8, 4) is 0 Å². The van der Waals surface area contributed by atoms with E-state index < -0.39 is 0 Å². The molecular formula is C23H24. The highest BCUT2D eigenvalue weighted by Gasteiger charge is 2.10. The molecule has 0 nitrogen and oxygen atoms in total. The van der Waals surface area contributed by atoms with Crippen molar-refractivity contribution < 1.29 is 0 Å². The number of benzene rings is 4. The Morgan fingerprint density at radius 1 is 0.826 bits per heavy atom. The summed E-state index contributed by atoms with van der Waals surface area (Å²) in [5.74, 6) is 0. The third-order valence-corrected chi connectivity index (χ3v) is 4.67. The number of hydrogen-bond acceptors (Lipinski definition) is 0. The molecular weight excluding hydrogens is 276 g/mol. The normalized spacial score (nSPS) is 11.2. The highest BCUT2D eigenvalue weighted by molar-refractivity contribution is 6.23. The molecule has 0 spiro atoms. The fraction of sp³-hybridized carbons (Fsp3) is 0.217. The lowest BCUT2D eigenvalue weighted by Crippen LogP contribution is -1.91. The molecule has 4 aromatic rings. The van der Waals surface area contributed by atoms with E-state index in [4.69, 9.17) is 0 Å². The van der Waals surface area contributed by atoms with Gasteiger partial charge < -0.3 is 0 Å². The quantitative estimate of drug-likeness (QED) is 0.278. The molecule has 4 aromatic carbocycles. The monoisotopic (exact) mass is 300 g/mol. The molecule has 0 N–H and O–H groups in total. The van der Waals surface area contributed by atoms with Crippen LogP contribution in [0.4, 0.5) is 0 Å². The smallest absolute Gasteiger partial charge is 0.00240 e. The molecule has 0 aliphatic rings. The molecule has 0 amide bonds. The van der Waals surface area contributed by atoms with Crippen molar-refractivity contribution in [2.45, 2.75) is 33.6 Å². The van der Waals surface area contributed by atoms with Crippen LogP contribution in [0, 0.1) is 0 Å². The van der Waals surface area contributed by atoms with Crippen LogP contribution in [0.5, 0.6) is 0 Å². The van der Waals surface area contributed by atoms with Crippen LogP contribution in [-0.4, -0.2) is 0 Å². The van der Waals surface area contributed by atoms with E-state index in [0.29, 0.717) is 0 Å². The van der Waals surface area contributed by atoms with E-state index in [9.17, 15) is 0 Å². The van der Waals surface area contributed by atoms with E-state index in [1.807, 2.05) is 0 Å². The molecule has 0 heterocycles. The van der Waals surface area contributed by atoms with Crippen LogP contribution in [-0.2, 0) is 6.42 Å². The van der Waals surface area contributed by atoms with Gasteiger partial charge in [0.25, 0.3) is 0 Å². The minimum atomic E-state index is 0. The van der Waals surface area contributed by atoms with Gasteiger partial charge in [-0.25, -0.2) is 0 Å². The summed E-state index contributed by atoms with van der Waals surface area (Å²) in [7, 11) is 0. The van der Waals surface area contributed by atoms with Crippen LogP contribution in [0.2, 0.25) is 0 Å². The Bertz CT molecular complexity index is 959. The van der Waals surface area contributed by atoms with Gasteiger partial charge in [0.15, 0.2) is 0 Å². The molecule has 0 fully saturated rings. The summed E-state index contributed by atoms with van der Waals surface area (Å²) in [5.41, 5.74) is 2.74. The van der Waals surface area contributed by atoms with Crippen molar-refractivity contribution in [2.24, 2.45) is 0 Å². The lowest BCUT2D eigenvalue weighted by molar-refractivity contribution is 0.818. The maximum Gasteiger partial charge on any atom is -0.00240 e. The van der Waals surface area contributed by atoms with Crippen LogP contribution < -0.4 is 0 Å². The molecule has 0 saturated carbocycles. The molecule has 0 aliphatic carbocycles. The Balaban J connectivity index is 0.00000156. The molecule has 0 bridgehead atoms. The Hall–Kier alpha value is -2.34. The van der Waals surface area contributed by atoms with Crippen molar-refractivity contribution in [1.29, 1.82) is 0 Å². The maximum atomic E-state index is 4.02. The summed E-state index contributed by atoms with van der Waals surface area (Å²) in [5, 5.41) is 8.30. The van der Waals surface area contributed by atoms with Gasteiger partial charge in [0, 0.05) is 0 Å². The fourth-order valence-corrected chi connectivity index (χ4v) is 3.59. The summed E-state index contributed by atoms with van der Waals surface area (Å²) in [4.78, 5) is 0. The molecule has 0 saturated heterocycles. The Labute approximate surface area is 138 Å². The largest absolute Gasteiger partial charge is 0.100 e. The molecule has 4 rings (SSSR count). The Morgan fingerprint density at radius 3 is 2.13 bits per heavy atom. The van der Waals surface area contributed by atoms with Gasteiger partial charge in [0.05, 0.1) is 0 Å². The van der Waals surface area contributed by atoms with Gasteiger partial charge in [-0.2, -0.15) is 0 Å². The number of allylic oxidation sites excluding steroid dienone is 1. The van der Waals surface area contributed by atoms with Gasteiger partial charge >= 0.3 is 0 Å². The zero-order valence-electron chi connectivity index (χ0n) is 13.0. The van der Waals surface area contributed by atoms with E-state index in [1.165, 1.54) is 49.9 Å². The minimum absolute atomic E-state index is 0. The first-order valence-electron chi connectivity index (χ1n) is 8.04. The van der Waals surface area contributed by atoms with Gasteiger partial charge in [-0.3, -0.25) is 0 Å². The van der Waals surface area contributed by atoms with Gasteiger partial charge in [0.2, 0.25) is 0 Å². The van der Waals surface area contributed by atoms with Crippen molar-refractivity contribution in [1.82, 2.24) is 0 Å². The first kappa shape index (κ1) is 15.6. The Kier molecular flexibility index (Phi) is 4.09. The van der Waals surface area contributed by atoms with E-state index in [0.717, 1.165) is 12.8 Å². The average Bonchev–Trinajstić information content (AvgIpc) is 2.53. The van der Waals surface area contributed by atoms with Crippen LogP contribution in [0.3, 0.4) is 0 Å². The number of hydrogen-bond donors (Lipinski definition) is 0. The topological polar surface area (TPSA) is 0 Å². The van der Waals surface area contributed by atoms with Crippen molar-refractivity contribution in [2.75, 3.05) is 0 Å². The summed E-state index contributed by atoms with van der Waals surface area (Å²) in [6.45, 7) is 6.13. The standard InChI is InChI=1S/C22H20.CH4/c1-15(2)5-3-6-16-9-10-19-12-11-17-7-4-8-18-13-14-20(16)22(19)21(17)18;/h4,7-14H,1,3,5-6H2,2H3;1H4. The fourth-order valence-electron chi connectivity index (χ4n) is 3.59. The third-order valence-electron chi connectivity index (χ3n) is 4.67. The first-order chi connectivity index (χ1) is 10.7. The van der Waals surface area contributed by atoms with E-state index in [-0.39, 0.29) is 7.43 Å². The maximum absolute atomic E-state index is 4.02. The molecule has 23 heavy (non-hydrogen) atoms. The molecule has 0 aliphatic heterocycles. The second-order valence-electron chi connectivity index (χ2n) is 6.39. The molecule has 0 aromatic heterocycles. The lowest BCUT2D eigenvalue weighted by Gasteiger charge is -2.13. The molecule has 0 heteroatoms. The van der Waals surface area contributed by atoms with Crippen LogP contribution in [0.25, 0.3) is 32.3 Å². The lowest BCUT2D eigenvalue weighted by atomic mass is 9.90. The third kappa shape index (κ3) is 2.59. The van der Waals surface area contributed by atoms with Crippen molar-refractivity contribution >= 4 is 32.3 Å². The van der Waals surface area contributed by atoms with Gasteiger partial charge in [-0.05, 0) is 64.1 Å². The zero-order valence-corrected chi connectivity index (χ0v) is 13.0. The summed E-state index contributed by atoms with van der Waals surface area (Å²) >= 11 is 0. The zero-order chi connectivity index (χ0) is 15.1. The molecule has 0 unspecified atom stereocenters. The van der Waals surface area contributed by atoms with E-state index in [2.05, 4.69) is 68.1 Å². The predicted octanol–water partition coefficient (Wildman–Crippen LogP) is 7.12. The van der Waals surface area contributed by atoms with E-state index >= 15 is 0 Å². The highest BCUT2D eigenvalue weighted by Crippen LogP contribution is 2.36. The van der Waals surface area contributed by atoms with Crippen LogP contribution in [0.1, 0.15) is 32.8 Å². The molecule has 0 radical (unpaired) electrons. The van der Waals surface area contributed by atoms with Crippen LogP contribution >= 0.6 is 0 Å². The summed E-state index contributed by atoms with van der Waals surface area (Å²) in [6.07, 6.45) is 3.42. The predicted molar refractivity (Wildman–Crippen MR) is 105 cm³/mol.